The Morgan fingerprint density at radius 1 is 1.58 bits per heavy atom. The van der Waals surface area contributed by atoms with Gasteiger partial charge in [-0.25, -0.2) is 10.8 Å². The molecule has 0 aromatic heterocycles. The predicted octanol–water partition coefficient (Wildman–Crippen LogP) is 1.43. The summed E-state index contributed by atoms with van der Waals surface area (Å²) in [4.78, 5) is 4.23. The molecule has 1 saturated carbocycles. The van der Waals surface area contributed by atoms with Gasteiger partial charge in [-0.05, 0) is 37.7 Å². The van der Waals surface area contributed by atoms with Gasteiger partial charge >= 0.3 is 0 Å². The van der Waals surface area contributed by atoms with Gasteiger partial charge in [0.1, 0.15) is 5.82 Å². The van der Waals surface area contributed by atoms with Gasteiger partial charge in [-0.1, -0.05) is 6.92 Å². The van der Waals surface area contributed by atoms with Gasteiger partial charge < -0.3 is 5.43 Å². The Hall–Kier alpha value is -0.830. The normalized spacial score (nSPS) is 30.4. The second kappa shape index (κ2) is 4.26. The van der Waals surface area contributed by atoms with Crippen molar-refractivity contribution in [2.75, 3.05) is 0 Å². The standard InChI is InChI=1S/C9H17N3/c1-3-9(12-10)11-6-8-5-4-7(8)2/h3,6-8,12H,4-5,10H2,1-2H3/b9-3+,11-6?. The van der Waals surface area contributed by atoms with E-state index >= 15 is 0 Å². The van der Waals surface area contributed by atoms with Crippen LogP contribution in [-0.4, -0.2) is 6.21 Å². The van der Waals surface area contributed by atoms with Gasteiger partial charge in [0.05, 0.1) is 0 Å². The molecule has 0 heterocycles. The lowest BCUT2D eigenvalue weighted by Gasteiger charge is -2.30. The molecule has 3 heteroatoms. The molecule has 68 valence electrons. The molecule has 0 aromatic carbocycles. The Bertz CT molecular complexity index is 196. The van der Waals surface area contributed by atoms with Crippen molar-refractivity contribution in [1.82, 2.24) is 5.43 Å². The molecule has 1 aliphatic rings. The van der Waals surface area contributed by atoms with E-state index in [9.17, 15) is 0 Å². The maximum absolute atomic E-state index is 5.23. The average Bonchev–Trinajstić information content (AvgIpc) is 2.10. The SMILES string of the molecule is C/C=C(\N=CC1CCC1C)NN. The van der Waals surface area contributed by atoms with Gasteiger partial charge in [-0.2, -0.15) is 0 Å². The number of allylic oxidation sites excluding steroid dienone is 1. The fraction of sp³-hybridized carbons (Fsp3) is 0.667. The maximum Gasteiger partial charge on any atom is 0.135 e. The van der Waals surface area contributed by atoms with Gasteiger partial charge in [0.25, 0.3) is 0 Å². The second-order valence-electron chi connectivity index (χ2n) is 3.31. The van der Waals surface area contributed by atoms with Crippen LogP contribution in [0.2, 0.25) is 0 Å². The van der Waals surface area contributed by atoms with Crippen LogP contribution in [0.25, 0.3) is 0 Å². The molecule has 12 heavy (non-hydrogen) atoms. The highest BCUT2D eigenvalue weighted by Gasteiger charge is 2.24. The fourth-order valence-corrected chi connectivity index (χ4v) is 1.29. The van der Waals surface area contributed by atoms with Crippen molar-refractivity contribution in [1.29, 1.82) is 0 Å². The highest BCUT2D eigenvalue weighted by Crippen LogP contribution is 2.31. The number of hydrazine groups is 1. The molecular weight excluding hydrogens is 150 g/mol. The van der Waals surface area contributed by atoms with Crippen LogP contribution in [0.4, 0.5) is 0 Å². The van der Waals surface area contributed by atoms with Crippen molar-refractivity contribution in [2.24, 2.45) is 22.7 Å². The molecule has 3 nitrogen and oxygen atoms in total. The predicted molar refractivity (Wildman–Crippen MR) is 51.5 cm³/mol. The zero-order valence-corrected chi connectivity index (χ0v) is 7.75. The molecule has 1 aliphatic carbocycles. The first kappa shape index (κ1) is 9.26. The van der Waals surface area contributed by atoms with E-state index in [-0.39, 0.29) is 0 Å². The summed E-state index contributed by atoms with van der Waals surface area (Å²) in [7, 11) is 0. The molecule has 1 rings (SSSR count). The van der Waals surface area contributed by atoms with Crippen LogP contribution in [0, 0.1) is 11.8 Å². The molecule has 0 aromatic rings. The van der Waals surface area contributed by atoms with Crippen molar-refractivity contribution in [3.63, 3.8) is 0 Å². The number of aliphatic imine (C=N–C) groups is 1. The summed E-state index contributed by atoms with van der Waals surface area (Å²) in [6.45, 7) is 4.17. The summed E-state index contributed by atoms with van der Waals surface area (Å²) in [5, 5.41) is 0. The van der Waals surface area contributed by atoms with Crippen LogP contribution >= 0.6 is 0 Å². The zero-order chi connectivity index (χ0) is 8.97. The van der Waals surface area contributed by atoms with Gasteiger partial charge in [-0.3, -0.25) is 0 Å². The fourth-order valence-electron chi connectivity index (χ4n) is 1.29. The lowest BCUT2D eigenvalue weighted by Crippen LogP contribution is -2.25. The highest BCUT2D eigenvalue weighted by atomic mass is 15.3. The molecule has 1 fully saturated rings. The number of nitrogens with zero attached hydrogens (tertiary/aromatic N) is 1. The largest absolute Gasteiger partial charge is 0.309 e. The molecule has 2 unspecified atom stereocenters. The van der Waals surface area contributed by atoms with Crippen molar-refractivity contribution in [3.05, 3.63) is 11.9 Å². The van der Waals surface area contributed by atoms with Crippen LogP contribution in [-0.2, 0) is 0 Å². The Morgan fingerprint density at radius 2 is 2.33 bits per heavy atom. The summed E-state index contributed by atoms with van der Waals surface area (Å²) in [5.74, 6) is 7.43. The highest BCUT2D eigenvalue weighted by molar-refractivity contribution is 5.63. The summed E-state index contributed by atoms with van der Waals surface area (Å²) in [6.07, 6.45) is 6.47. The second-order valence-corrected chi connectivity index (χ2v) is 3.31. The molecule has 0 saturated heterocycles. The van der Waals surface area contributed by atoms with Gasteiger partial charge in [0.15, 0.2) is 0 Å². The molecule has 2 atom stereocenters. The summed E-state index contributed by atoms with van der Waals surface area (Å²) >= 11 is 0. The molecule has 0 radical (unpaired) electrons. The average molecular weight is 167 g/mol. The van der Waals surface area contributed by atoms with Gasteiger partial charge in [0, 0.05) is 6.21 Å². The molecule has 3 N–H and O–H groups in total. The molecule has 0 spiro atoms. The Kier molecular flexibility index (Phi) is 3.29. The number of rotatable bonds is 3. The molecule has 0 bridgehead atoms. The third kappa shape index (κ3) is 2.08. The number of hydrogen-bond acceptors (Lipinski definition) is 3. The van der Waals surface area contributed by atoms with Crippen LogP contribution in [0.1, 0.15) is 26.7 Å². The third-order valence-corrected chi connectivity index (χ3v) is 2.51. The van der Waals surface area contributed by atoms with Crippen LogP contribution in [0.5, 0.6) is 0 Å². The van der Waals surface area contributed by atoms with Crippen LogP contribution in [0.15, 0.2) is 16.9 Å². The summed E-state index contributed by atoms with van der Waals surface area (Å²) in [5.41, 5.74) is 2.53. The lowest BCUT2D eigenvalue weighted by molar-refractivity contribution is 0.277. The first-order valence-corrected chi connectivity index (χ1v) is 4.45. The Balaban J connectivity index is 2.38. The first-order chi connectivity index (χ1) is 5.77. The Labute approximate surface area is 73.7 Å². The van der Waals surface area contributed by atoms with E-state index in [4.69, 9.17) is 5.84 Å². The first-order valence-electron chi connectivity index (χ1n) is 4.45. The monoisotopic (exact) mass is 167 g/mol. The lowest BCUT2D eigenvalue weighted by atomic mass is 9.76. The summed E-state index contributed by atoms with van der Waals surface area (Å²) < 4.78 is 0. The summed E-state index contributed by atoms with van der Waals surface area (Å²) in [6, 6.07) is 0. The molecule has 0 aliphatic heterocycles. The smallest absolute Gasteiger partial charge is 0.135 e. The van der Waals surface area contributed by atoms with Crippen molar-refractivity contribution in [3.8, 4) is 0 Å². The third-order valence-electron chi connectivity index (χ3n) is 2.51. The van der Waals surface area contributed by atoms with E-state index in [0.717, 1.165) is 11.7 Å². The Morgan fingerprint density at radius 3 is 2.67 bits per heavy atom. The van der Waals surface area contributed by atoms with E-state index in [1.54, 1.807) is 0 Å². The minimum absolute atomic E-state index is 0.660. The van der Waals surface area contributed by atoms with E-state index in [0.29, 0.717) is 5.92 Å². The van der Waals surface area contributed by atoms with Crippen LogP contribution in [0.3, 0.4) is 0 Å². The van der Waals surface area contributed by atoms with Crippen molar-refractivity contribution < 1.29 is 0 Å². The molecule has 0 amide bonds. The minimum atomic E-state index is 0.660. The van der Waals surface area contributed by atoms with Crippen molar-refractivity contribution in [2.45, 2.75) is 26.7 Å². The number of nitrogens with one attached hydrogen (secondary N) is 1. The topological polar surface area (TPSA) is 50.4 Å². The molecular formula is C9H17N3. The van der Waals surface area contributed by atoms with E-state index in [1.165, 1.54) is 12.8 Å². The minimum Gasteiger partial charge on any atom is -0.309 e. The quantitative estimate of drug-likeness (QED) is 0.379. The van der Waals surface area contributed by atoms with Crippen molar-refractivity contribution >= 4 is 6.21 Å². The van der Waals surface area contributed by atoms with Gasteiger partial charge in [0.2, 0.25) is 0 Å². The maximum atomic E-state index is 5.23. The van der Waals surface area contributed by atoms with E-state index in [2.05, 4.69) is 17.3 Å². The van der Waals surface area contributed by atoms with Crippen LogP contribution < -0.4 is 11.3 Å². The van der Waals surface area contributed by atoms with E-state index in [1.807, 2.05) is 19.2 Å². The number of hydrogen-bond donors (Lipinski definition) is 2. The van der Waals surface area contributed by atoms with Gasteiger partial charge in [-0.15, -0.1) is 0 Å². The zero-order valence-electron chi connectivity index (χ0n) is 7.75. The number of nitrogens with two attached hydrogens (primary N) is 1. The van der Waals surface area contributed by atoms with E-state index < -0.39 is 0 Å².